The lowest BCUT2D eigenvalue weighted by Gasteiger charge is -2.09. The molecular weight excluding hydrogens is 332 g/mol. The summed E-state index contributed by atoms with van der Waals surface area (Å²) in [5.74, 6) is -0.279. The number of phenols is 2. The monoisotopic (exact) mass is 341 g/mol. The molecular formula is C13H10BrO4S. The van der Waals surface area contributed by atoms with Crippen molar-refractivity contribution >= 4 is 25.8 Å². The van der Waals surface area contributed by atoms with Crippen LogP contribution in [0.4, 0.5) is 0 Å². The van der Waals surface area contributed by atoms with Crippen molar-refractivity contribution in [1.29, 1.82) is 0 Å². The molecule has 2 aromatic rings. The largest absolute Gasteiger partial charge is 0.507 e. The Morgan fingerprint density at radius 1 is 1.16 bits per heavy atom. The van der Waals surface area contributed by atoms with Gasteiger partial charge in [-0.05, 0) is 30.3 Å². The standard InChI is InChI=1S/C13H10BrO4S/c1-19(17,18)9-3-5-13(16)11(7-9)10-6-8(14)2-4-12(10)15/h2-3,5-7,15-16H,1H3. The van der Waals surface area contributed by atoms with Crippen LogP contribution in [0.5, 0.6) is 11.5 Å². The summed E-state index contributed by atoms with van der Waals surface area (Å²) < 4.78 is 23.7. The number of rotatable bonds is 2. The summed E-state index contributed by atoms with van der Waals surface area (Å²) in [6.07, 6.45) is 1.08. The van der Waals surface area contributed by atoms with Gasteiger partial charge in [-0.1, -0.05) is 15.9 Å². The van der Waals surface area contributed by atoms with Crippen molar-refractivity contribution in [2.45, 2.75) is 4.90 Å². The molecule has 2 rings (SSSR count). The molecule has 0 unspecified atom stereocenters. The van der Waals surface area contributed by atoms with Crippen LogP contribution in [-0.4, -0.2) is 24.9 Å². The average molecular weight is 342 g/mol. The topological polar surface area (TPSA) is 74.6 Å². The van der Waals surface area contributed by atoms with Crippen molar-refractivity contribution in [3.63, 3.8) is 0 Å². The van der Waals surface area contributed by atoms with Gasteiger partial charge in [0.05, 0.1) is 4.90 Å². The molecule has 0 fully saturated rings. The molecule has 0 aliphatic rings. The Kier molecular flexibility index (Phi) is 3.56. The van der Waals surface area contributed by atoms with E-state index < -0.39 is 9.84 Å². The summed E-state index contributed by atoms with van der Waals surface area (Å²) >= 11 is 3.23. The van der Waals surface area contributed by atoms with Crippen LogP contribution >= 0.6 is 15.9 Å². The van der Waals surface area contributed by atoms with E-state index in [0.29, 0.717) is 10.0 Å². The molecule has 0 saturated carbocycles. The minimum atomic E-state index is -3.39. The molecule has 0 spiro atoms. The Morgan fingerprint density at radius 2 is 1.84 bits per heavy atom. The Bertz CT molecular complexity index is 738. The van der Waals surface area contributed by atoms with E-state index >= 15 is 0 Å². The number of phenolic OH excluding ortho intramolecular Hbond substituents is 2. The van der Waals surface area contributed by atoms with E-state index in [1.807, 2.05) is 0 Å². The highest BCUT2D eigenvalue weighted by Crippen LogP contribution is 2.37. The van der Waals surface area contributed by atoms with E-state index in [2.05, 4.69) is 22.0 Å². The fourth-order valence-corrected chi connectivity index (χ4v) is 2.62. The maximum atomic E-state index is 11.5. The van der Waals surface area contributed by atoms with Crippen molar-refractivity contribution in [2.75, 3.05) is 6.26 Å². The second kappa shape index (κ2) is 4.86. The molecule has 0 atom stereocenters. The van der Waals surface area contributed by atoms with Crippen molar-refractivity contribution in [3.05, 3.63) is 40.9 Å². The van der Waals surface area contributed by atoms with Crippen LogP contribution in [0.2, 0.25) is 0 Å². The van der Waals surface area contributed by atoms with Crippen LogP contribution < -0.4 is 0 Å². The zero-order valence-electron chi connectivity index (χ0n) is 9.88. The fourth-order valence-electron chi connectivity index (χ4n) is 1.63. The number of halogens is 1. The van der Waals surface area contributed by atoms with E-state index in [0.717, 1.165) is 6.26 Å². The summed E-state index contributed by atoms with van der Waals surface area (Å²) in [5, 5.41) is 19.6. The Balaban J connectivity index is 2.71. The van der Waals surface area contributed by atoms with Gasteiger partial charge in [0.1, 0.15) is 11.5 Å². The number of hydrogen-bond acceptors (Lipinski definition) is 4. The first-order valence-electron chi connectivity index (χ1n) is 5.22. The molecule has 2 N–H and O–H groups in total. The molecule has 1 radical (unpaired) electrons. The molecule has 0 heterocycles. The maximum Gasteiger partial charge on any atom is 0.175 e. The lowest BCUT2D eigenvalue weighted by atomic mass is 10.0. The van der Waals surface area contributed by atoms with Crippen LogP contribution in [-0.2, 0) is 9.84 Å². The molecule has 4 nitrogen and oxygen atoms in total. The third kappa shape index (κ3) is 2.90. The summed E-state index contributed by atoms with van der Waals surface area (Å²) in [6, 6.07) is 9.62. The number of hydrogen-bond donors (Lipinski definition) is 2. The first-order chi connectivity index (χ1) is 8.79. The maximum absolute atomic E-state index is 11.5. The highest BCUT2D eigenvalue weighted by molar-refractivity contribution is 9.10. The number of sulfone groups is 1. The second-order valence-corrected chi connectivity index (χ2v) is 6.96. The van der Waals surface area contributed by atoms with Gasteiger partial charge in [0, 0.05) is 27.9 Å². The zero-order valence-corrected chi connectivity index (χ0v) is 12.3. The minimum Gasteiger partial charge on any atom is -0.507 e. The normalized spacial score (nSPS) is 11.5. The Hall–Kier alpha value is -1.53. The first-order valence-corrected chi connectivity index (χ1v) is 7.91. The quantitative estimate of drug-likeness (QED) is 0.880. The first kappa shape index (κ1) is 13.9. The van der Waals surface area contributed by atoms with Crippen LogP contribution in [0, 0.1) is 6.07 Å². The predicted octanol–water partition coefficient (Wildman–Crippen LogP) is 2.73. The number of benzene rings is 2. The lowest BCUT2D eigenvalue weighted by Crippen LogP contribution is -1.97. The van der Waals surface area contributed by atoms with E-state index in [-0.39, 0.29) is 22.0 Å². The van der Waals surface area contributed by atoms with Gasteiger partial charge in [-0.3, -0.25) is 0 Å². The van der Waals surface area contributed by atoms with Gasteiger partial charge in [-0.25, -0.2) is 8.42 Å². The van der Waals surface area contributed by atoms with Gasteiger partial charge in [0.25, 0.3) is 0 Å². The van der Waals surface area contributed by atoms with Crippen molar-refractivity contribution in [1.82, 2.24) is 0 Å². The summed E-state index contributed by atoms with van der Waals surface area (Å²) in [6.45, 7) is 0. The van der Waals surface area contributed by atoms with Gasteiger partial charge in [-0.2, -0.15) is 0 Å². The highest BCUT2D eigenvalue weighted by atomic mass is 79.9. The van der Waals surface area contributed by atoms with Crippen LogP contribution in [0.15, 0.2) is 39.7 Å². The van der Waals surface area contributed by atoms with E-state index in [9.17, 15) is 18.6 Å². The Labute approximate surface area is 119 Å². The molecule has 0 aliphatic carbocycles. The fraction of sp³-hybridized carbons (Fsp3) is 0.0769. The van der Waals surface area contributed by atoms with E-state index in [1.54, 1.807) is 6.07 Å². The molecule has 2 aromatic carbocycles. The van der Waals surface area contributed by atoms with Crippen molar-refractivity contribution < 1.29 is 18.6 Å². The third-order valence-electron chi connectivity index (χ3n) is 2.57. The molecule has 6 heteroatoms. The predicted molar refractivity (Wildman–Crippen MR) is 74.9 cm³/mol. The van der Waals surface area contributed by atoms with Crippen molar-refractivity contribution in [3.8, 4) is 22.6 Å². The highest BCUT2D eigenvalue weighted by Gasteiger charge is 2.14. The lowest BCUT2D eigenvalue weighted by molar-refractivity contribution is 0.468. The minimum absolute atomic E-state index is 0.0691. The van der Waals surface area contributed by atoms with Gasteiger partial charge >= 0.3 is 0 Å². The van der Waals surface area contributed by atoms with Gasteiger partial charge in [0.2, 0.25) is 0 Å². The summed E-state index contributed by atoms with van der Waals surface area (Å²) in [4.78, 5) is 0.0691. The van der Waals surface area contributed by atoms with E-state index in [1.165, 1.54) is 24.3 Å². The molecule has 0 bridgehead atoms. The SMILES string of the molecule is CS(=O)(=O)c1ccc(O)c(-c2cc(Br)c[c]c2O)c1. The summed E-state index contributed by atoms with van der Waals surface area (Å²) in [7, 11) is -3.39. The molecule has 0 aliphatic heterocycles. The van der Waals surface area contributed by atoms with E-state index in [4.69, 9.17) is 0 Å². The molecule has 0 saturated heterocycles. The van der Waals surface area contributed by atoms with Crippen LogP contribution in [0.25, 0.3) is 11.1 Å². The molecule has 0 amide bonds. The van der Waals surface area contributed by atoms with Gasteiger partial charge < -0.3 is 10.2 Å². The second-order valence-electron chi connectivity index (χ2n) is 4.03. The molecule has 0 aromatic heterocycles. The smallest absolute Gasteiger partial charge is 0.175 e. The number of aromatic hydroxyl groups is 2. The van der Waals surface area contributed by atoms with Crippen molar-refractivity contribution in [2.24, 2.45) is 0 Å². The van der Waals surface area contributed by atoms with Gasteiger partial charge in [-0.15, -0.1) is 0 Å². The van der Waals surface area contributed by atoms with Crippen LogP contribution in [0.3, 0.4) is 0 Å². The zero-order chi connectivity index (χ0) is 14.2. The Morgan fingerprint density at radius 3 is 2.47 bits per heavy atom. The van der Waals surface area contributed by atoms with Gasteiger partial charge in [0.15, 0.2) is 9.84 Å². The summed E-state index contributed by atoms with van der Waals surface area (Å²) in [5.41, 5.74) is 0.537. The third-order valence-corrected chi connectivity index (χ3v) is 4.14. The average Bonchev–Trinajstić information content (AvgIpc) is 2.32. The molecule has 19 heavy (non-hydrogen) atoms. The molecule has 99 valence electrons. The van der Waals surface area contributed by atoms with Crippen LogP contribution in [0.1, 0.15) is 0 Å².